The molecule has 2 aromatic rings. The van der Waals surface area contributed by atoms with Gasteiger partial charge in [-0.3, -0.25) is 4.79 Å². The Morgan fingerprint density at radius 3 is 2.84 bits per heavy atom. The molecule has 2 aromatic carbocycles. The van der Waals surface area contributed by atoms with Gasteiger partial charge in [0.1, 0.15) is 6.54 Å². The van der Waals surface area contributed by atoms with Crippen LogP contribution < -0.4 is 10.2 Å². The number of halogens is 1. The van der Waals surface area contributed by atoms with Gasteiger partial charge in [-0.25, -0.2) is 0 Å². The lowest BCUT2D eigenvalue weighted by Gasteiger charge is -2.31. The van der Waals surface area contributed by atoms with E-state index in [1.165, 1.54) is 0 Å². The smallest absolute Gasteiger partial charge is 0.244 e. The number of nitrogens with zero attached hydrogens (tertiary/aromatic N) is 1. The predicted octanol–water partition coefficient (Wildman–Crippen LogP) is 3.74. The number of carbonyl (C=O) groups excluding carboxylic acids is 1. The minimum atomic E-state index is -0.0157. The first-order chi connectivity index (χ1) is 9.13. The molecule has 0 bridgehead atoms. The fourth-order valence-corrected chi connectivity index (χ4v) is 2.46. The van der Waals surface area contributed by atoms with Crippen LogP contribution in [0, 0.1) is 6.92 Å². The van der Waals surface area contributed by atoms with Crippen molar-refractivity contribution in [2.24, 2.45) is 0 Å². The number of carbonyl (C=O) groups is 1. The van der Waals surface area contributed by atoms with Crippen molar-refractivity contribution in [1.82, 2.24) is 0 Å². The minimum absolute atomic E-state index is 0.0157. The predicted molar refractivity (Wildman–Crippen MR) is 78.3 cm³/mol. The lowest BCUT2D eigenvalue weighted by atomic mass is 10.1. The number of hydrogen-bond acceptors (Lipinski definition) is 2. The number of rotatable bonds is 1. The molecular weight excluding hydrogens is 260 g/mol. The standard InChI is InChI=1S/C15H13ClN2O/c1-10-5-6-14-13(7-10)17-15(19)9-18(14)12-4-2-3-11(16)8-12/h2-8H,9H2,1H3,(H,17,19). The fraction of sp³-hybridized carbons (Fsp3) is 0.133. The first-order valence-corrected chi connectivity index (χ1v) is 6.45. The Morgan fingerprint density at radius 2 is 2.05 bits per heavy atom. The van der Waals surface area contributed by atoms with E-state index >= 15 is 0 Å². The van der Waals surface area contributed by atoms with Gasteiger partial charge in [0.2, 0.25) is 5.91 Å². The minimum Gasteiger partial charge on any atom is -0.330 e. The maximum absolute atomic E-state index is 11.8. The average Bonchev–Trinajstić information content (AvgIpc) is 2.37. The monoisotopic (exact) mass is 272 g/mol. The van der Waals surface area contributed by atoms with Crippen LogP contribution in [0.25, 0.3) is 0 Å². The third-order valence-corrected chi connectivity index (χ3v) is 3.37. The summed E-state index contributed by atoms with van der Waals surface area (Å²) in [5, 5.41) is 3.57. The Morgan fingerprint density at radius 1 is 1.21 bits per heavy atom. The van der Waals surface area contributed by atoms with Crippen molar-refractivity contribution in [1.29, 1.82) is 0 Å². The highest BCUT2D eigenvalue weighted by atomic mass is 35.5. The summed E-state index contributed by atoms with van der Waals surface area (Å²) in [4.78, 5) is 13.8. The molecule has 1 N–H and O–H groups in total. The van der Waals surface area contributed by atoms with E-state index in [2.05, 4.69) is 5.32 Å². The van der Waals surface area contributed by atoms with Crippen molar-refractivity contribution in [3.63, 3.8) is 0 Å². The largest absolute Gasteiger partial charge is 0.330 e. The van der Waals surface area contributed by atoms with Crippen LogP contribution in [0.15, 0.2) is 42.5 Å². The first-order valence-electron chi connectivity index (χ1n) is 6.07. The fourth-order valence-electron chi connectivity index (χ4n) is 2.28. The molecule has 19 heavy (non-hydrogen) atoms. The van der Waals surface area contributed by atoms with Crippen molar-refractivity contribution in [2.45, 2.75) is 6.92 Å². The SMILES string of the molecule is Cc1ccc2c(c1)NC(=O)CN2c1cccc(Cl)c1. The number of fused-ring (bicyclic) bond motifs is 1. The van der Waals surface area contributed by atoms with Gasteiger partial charge >= 0.3 is 0 Å². The number of anilines is 3. The normalized spacial score (nSPS) is 14.0. The Balaban J connectivity index is 2.11. The topological polar surface area (TPSA) is 32.3 Å². The zero-order valence-electron chi connectivity index (χ0n) is 10.5. The highest BCUT2D eigenvalue weighted by Gasteiger charge is 2.23. The molecule has 0 unspecified atom stereocenters. The molecule has 0 radical (unpaired) electrons. The quantitative estimate of drug-likeness (QED) is 0.858. The van der Waals surface area contributed by atoms with Crippen LogP contribution in [-0.2, 0) is 4.79 Å². The third kappa shape index (κ3) is 2.29. The van der Waals surface area contributed by atoms with Crippen LogP contribution in [0.4, 0.5) is 17.1 Å². The Bertz CT molecular complexity index is 654. The van der Waals surface area contributed by atoms with E-state index in [9.17, 15) is 4.79 Å². The van der Waals surface area contributed by atoms with Gasteiger partial charge in [0.25, 0.3) is 0 Å². The summed E-state index contributed by atoms with van der Waals surface area (Å²) in [5.74, 6) is -0.0157. The van der Waals surface area contributed by atoms with Crippen LogP contribution in [0.5, 0.6) is 0 Å². The molecule has 1 aliphatic rings. The van der Waals surface area contributed by atoms with Crippen LogP contribution in [0.3, 0.4) is 0 Å². The van der Waals surface area contributed by atoms with Crippen LogP contribution in [-0.4, -0.2) is 12.5 Å². The summed E-state index contributed by atoms with van der Waals surface area (Å²) in [6.45, 7) is 2.31. The number of nitrogens with one attached hydrogen (secondary N) is 1. The van der Waals surface area contributed by atoms with Crippen molar-refractivity contribution in [2.75, 3.05) is 16.8 Å². The summed E-state index contributed by atoms with van der Waals surface area (Å²) >= 11 is 6.03. The molecule has 0 aromatic heterocycles. The van der Waals surface area contributed by atoms with Gasteiger partial charge < -0.3 is 10.2 Å². The summed E-state index contributed by atoms with van der Waals surface area (Å²) in [5.41, 5.74) is 3.88. The Hall–Kier alpha value is -2.00. The van der Waals surface area contributed by atoms with E-state index < -0.39 is 0 Å². The second kappa shape index (κ2) is 4.59. The van der Waals surface area contributed by atoms with Crippen LogP contribution in [0.2, 0.25) is 5.02 Å². The summed E-state index contributed by atoms with van der Waals surface area (Å²) in [6, 6.07) is 13.6. The zero-order valence-corrected chi connectivity index (χ0v) is 11.2. The van der Waals surface area contributed by atoms with Gasteiger partial charge in [0.05, 0.1) is 11.4 Å². The number of benzene rings is 2. The molecule has 96 valence electrons. The average molecular weight is 273 g/mol. The molecule has 0 saturated carbocycles. The maximum atomic E-state index is 11.8. The van der Waals surface area contributed by atoms with Crippen LogP contribution in [0.1, 0.15) is 5.56 Å². The van der Waals surface area contributed by atoms with Gasteiger partial charge in [-0.05, 0) is 42.8 Å². The zero-order chi connectivity index (χ0) is 13.4. The molecule has 4 heteroatoms. The van der Waals surface area contributed by atoms with Crippen molar-refractivity contribution < 1.29 is 4.79 Å². The van der Waals surface area contributed by atoms with Gasteiger partial charge in [-0.2, -0.15) is 0 Å². The van der Waals surface area contributed by atoms with Gasteiger partial charge in [0.15, 0.2) is 0 Å². The molecule has 0 saturated heterocycles. The molecule has 3 nitrogen and oxygen atoms in total. The number of hydrogen-bond donors (Lipinski definition) is 1. The van der Waals surface area contributed by atoms with Gasteiger partial charge in [0, 0.05) is 10.7 Å². The lowest BCUT2D eigenvalue weighted by molar-refractivity contribution is -0.115. The second-order valence-electron chi connectivity index (χ2n) is 4.63. The van der Waals surface area contributed by atoms with E-state index in [-0.39, 0.29) is 5.91 Å². The maximum Gasteiger partial charge on any atom is 0.244 e. The van der Waals surface area contributed by atoms with Crippen LogP contribution >= 0.6 is 11.6 Å². The molecule has 1 heterocycles. The molecule has 0 fully saturated rings. The summed E-state index contributed by atoms with van der Waals surface area (Å²) in [7, 11) is 0. The van der Waals surface area contributed by atoms with Crippen molar-refractivity contribution in [3.05, 3.63) is 53.1 Å². The molecule has 0 aliphatic carbocycles. The Labute approximate surface area is 116 Å². The number of amides is 1. The lowest BCUT2D eigenvalue weighted by Crippen LogP contribution is -2.35. The van der Waals surface area contributed by atoms with E-state index in [1.807, 2.05) is 54.3 Å². The van der Waals surface area contributed by atoms with Gasteiger partial charge in [-0.1, -0.05) is 23.7 Å². The van der Waals surface area contributed by atoms with E-state index in [0.29, 0.717) is 11.6 Å². The van der Waals surface area contributed by atoms with E-state index in [4.69, 9.17) is 11.6 Å². The molecule has 1 amide bonds. The van der Waals surface area contributed by atoms with E-state index in [0.717, 1.165) is 22.6 Å². The molecule has 0 spiro atoms. The van der Waals surface area contributed by atoms with Crippen molar-refractivity contribution in [3.8, 4) is 0 Å². The molecule has 3 rings (SSSR count). The molecular formula is C15H13ClN2O. The van der Waals surface area contributed by atoms with Gasteiger partial charge in [-0.15, -0.1) is 0 Å². The summed E-state index contributed by atoms with van der Waals surface area (Å²) in [6.07, 6.45) is 0. The van der Waals surface area contributed by atoms with E-state index in [1.54, 1.807) is 0 Å². The highest BCUT2D eigenvalue weighted by Crippen LogP contribution is 2.36. The first kappa shape index (κ1) is 12.1. The molecule has 1 aliphatic heterocycles. The second-order valence-corrected chi connectivity index (χ2v) is 5.07. The van der Waals surface area contributed by atoms with Crippen molar-refractivity contribution >= 4 is 34.6 Å². The number of aryl methyl sites for hydroxylation is 1. The molecule has 0 atom stereocenters. The highest BCUT2D eigenvalue weighted by molar-refractivity contribution is 6.30. The summed E-state index contributed by atoms with van der Waals surface area (Å²) < 4.78 is 0. The third-order valence-electron chi connectivity index (χ3n) is 3.14. The Kier molecular flexibility index (Phi) is 2.91.